The van der Waals surface area contributed by atoms with Gasteiger partial charge in [0.05, 0.1) is 47.0 Å². The van der Waals surface area contributed by atoms with E-state index in [9.17, 15) is 19.5 Å². The van der Waals surface area contributed by atoms with Crippen molar-refractivity contribution in [1.82, 2.24) is 45.6 Å². The molecule has 6 aromatic rings. The van der Waals surface area contributed by atoms with Gasteiger partial charge in [-0.05, 0) is 112 Å². The Kier molecular flexibility index (Phi) is 11.3. The van der Waals surface area contributed by atoms with Gasteiger partial charge in [0.15, 0.2) is 0 Å². The molecule has 65 heavy (non-hydrogen) atoms. The number of fused-ring (bicyclic) bond motifs is 1. The monoisotopic (exact) mass is 878 g/mol. The zero-order valence-corrected chi connectivity index (χ0v) is 37.0. The van der Waals surface area contributed by atoms with Crippen molar-refractivity contribution in [2.24, 2.45) is 5.92 Å². The van der Waals surface area contributed by atoms with Crippen LogP contribution in [0.25, 0.3) is 33.7 Å². The largest absolute Gasteiger partial charge is 0.395 e. The van der Waals surface area contributed by atoms with Crippen LogP contribution in [0, 0.1) is 19.8 Å². The first-order chi connectivity index (χ1) is 31.5. The molecule has 17 nitrogen and oxygen atoms in total. The van der Waals surface area contributed by atoms with Gasteiger partial charge in [-0.15, -0.1) is 0 Å². The van der Waals surface area contributed by atoms with E-state index in [1.54, 1.807) is 11.2 Å². The molecule has 0 unspecified atom stereocenters. The second-order valence-corrected chi connectivity index (χ2v) is 18.1. The lowest BCUT2D eigenvalue weighted by molar-refractivity contribution is -0.120. The lowest BCUT2D eigenvalue weighted by atomic mass is 9.95. The van der Waals surface area contributed by atoms with E-state index < -0.39 is 11.3 Å². The van der Waals surface area contributed by atoms with Gasteiger partial charge in [-0.2, -0.15) is 4.98 Å². The van der Waals surface area contributed by atoms with E-state index in [1.165, 1.54) is 5.69 Å². The van der Waals surface area contributed by atoms with E-state index in [-0.39, 0.29) is 30.4 Å². The molecule has 4 aliphatic rings. The van der Waals surface area contributed by atoms with Gasteiger partial charge in [0.25, 0.3) is 11.7 Å². The van der Waals surface area contributed by atoms with Gasteiger partial charge in [-0.3, -0.25) is 29.7 Å². The molecule has 10 rings (SSSR count). The molecule has 1 atom stereocenters. The molecule has 1 aliphatic carbocycles. The summed E-state index contributed by atoms with van der Waals surface area (Å²) in [6.45, 7) is 13.4. The second kappa shape index (κ2) is 17.3. The van der Waals surface area contributed by atoms with Gasteiger partial charge < -0.3 is 29.7 Å². The molecule has 3 saturated heterocycles. The number of carbonyl (C=O) groups excluding carboxylic acids is 3. The van der Waals surface area contributed by atoms with Gasteiger partial charge in [0.1, 0.15) is 12.0 Å². The highest BCUT2D eigenvalue weighted by atomic mass is 16.5. The van der Waals surface area contributed by atoms with E-state index in [0.29, 0.717) is 24.8 Å². The Morgan fingerprint density at radius 2 is 1.69 bits per heavy atom. The van der Waals surface area contributed by atoms with Crippen molar-refractivity contribution in [3.05, 3.63) is 95.5 Å². The number of carbonyl (C=O) groups is 3. The molecular weight excluding hydrogens is 825 g/mol. The van der Waals surface area contributed by atoms with Crippen molar-refractivity contribution in [3.63, 3.8) is 0 Å². The van der Waals surface area contributed by atoms with Crippen LogP contribution in [0.5, 0.6) is 0 Å². The molecule has 336 valence electrons. The summed E-state index contributed by atoms with van der Waals surface area (Å²) in [6, 6.07) is 18.0. The molecule has 0 radical (unpaired) electrons. The van der Waals surface area contributed by atoms with E-state index in [4.69, 9.17) is 9.51 Å². The van der Waals surface area contributed by atoms with Crippen LogP contribution in [0.15, 0.2) is 71.6 Å². The SMILES string of the molecule is Cc1cc(-c2ncnc3[nH]c(-c4ccc(N5CCN(CC6CCN(c7ccc(N8CCC(=O)NC8=O)c(C)c7)CC6)CC5)cn4)cc23)ccc1[C@@H](C)NC(=O)c1noc(C2(CO)CC2)n1. The first-order valence-corrected chi connectivity index (χ1v) is 22.7. The Morgan fingerprint density at radius 1 is 0.908 bits per heavy atom. The minimum absolute atomic E-state index is 0.0414. The number of piperidine rings is 1. The summed E-state index contributed by atoms with van der Waals surface area (Å²) in [6.07, 6.45) is 7.68. The molecule has 1 saturated carbocycles. The van der Waals surface area contributed by atoms with Crippen LogP contribution in [0.4, 0.5) is 21.9 Å². The minimum atomic E-state index is -0.502. The van der Waals surface area contributed by atoms with Crippen molar-refractivity contribution in [1.29, 1.82) is 0 Å². The highest BCUT2D eigenvalue weighted by Gasteiger charge is 2.49. The summed E-state index contributed by atoms with van der Waals surface area (Å²) in [5, 5.41) is 19.9. The second-order valence-electron chi connectivity index (χ2n) is 18.1. The van der Waals surface area contributed by atoms with Crippen molar-refractivity contribution in [2.75, 3.05) is 73.7 Å². The number of aliphatic hydroxyl groups is 1. The van der Waals surface area contributed by atoms with E-state index in [1.807, 2.05) is 45.2 Å². The molecule has 4 fully saturated rings. The summed E-state index contributed by atoms with van der Waals surface area (Å²) in [4.78, 5) is 68.0. The van der Waals surface area contributed by atoms with Crippen LogP contribution in [0.2, 0.25) is 0 Å². The van der Waals surface area contributed by atoms with Gasteiger partial charge in [0, 0.05) is 81.1 Å². The number of amides is 4. The number of H-pyrrole nitrogens is 1. The number of piperazine rings is 1. The number of aromatic nitrogens is 6. The van der Waals surface area contributed by atoms with Gasteiger partial charge >= 0.3 is 6.03 Å². The summed E-state index contributed by atoms with van der Waals surface area (Å²) < 4.78 is 5.31. The highest BCUT2D eigenvalue weighted by molar-refractivity contribution is 6.06. The van der Waals surface area contributed by atoms with Crippen molar-refractivity contribution < 1.29 is 24.0 Å². The quantitative estimate of drug-likeness (QED) is 0.117. The predicted molar refractivity (Wildman–Crippen MR) is 246 cm³/mol. The number of nitrogens with zero attached hydrogens (tertiary/aromatic N) is 9. The Balaban J connectivity index is 0.717. The third-order valence-electron chi connectivity index (χ3n) is 13.8. The van der Waals surface area contributed by atoms with Crippen LogP contribution in [0.1, 0.15) is 78.3 Å². The number of anilines is 3. The normalized spacial score (nSPS) is 18.6. The smallest absolute Gasteiger partial charge is 0.328 e. The molecule has 4 aromatic heterocycles. The van der Waals surface area contributed by atoms with Crippen LogP contribution in [-0.4, -0.2) is 117 Å². The fourth-order valence-electron chi connectivity index (χ4n) is 9.67. The molecule has 2 aromatic carbocycles. The molecule has 17 heteroatoms. The van der Waals surface area contributed by atoms with Crippen molar-refractivity contribution >= 4 is 45.9 Å². The number of nitrogens with one attached hydrogen (secondary N) is 3. The Hall–Kier alpha value is -6.72. The van der Waals surface area contributed by atoms with Crippen LogP contribution < -0.4 is 25.3 Å². The average Bonchev–Trinajstić information content (AvgIpc) is 3.71. The molecule has 0 spiro atoms. The third kappa shape index (κ3) is 8.53. The molecule has 0 bridgehead atoms. The number of aryl methyl sites for hydroxylation is 2. The molecule has 3 aliphatic heterocycles. The zero-order valence-electron chi connectivity index (χ0n) is 37.0. The van der Waals surface area contributed by atoms with E-state index in [0.717, 1.165) is 133 Å². The first-order valence-electron chi connectivity index (χ1n) is 22.7. The van der Waals surface area contributed by atoms with Crippen LogP contribution in [0.3, 0.4) is 0 Å². The number of urea groups is 1. The Labute approximate surface area is 376 Å². The number of aliphatic hydroxyl groups excluding tert-OH is 1. The number of hydrogen-bond acceptors (Lipinski definition) is 13. The lowest BCUT2D eigenvalue weighted by Crippen LogP contribution is -2.49. The Morgan fingerprint density at radius 3 is 2.40 bits per heavy atom. The topological polar surface area (TPSA) is 202 Å². The number of imide groups is 1. The average molecular weight is 879 g/mol. The number of aromatic amines is 1. The number of hydrogen-bond donors (Lipinski definition) is 4. The maximum absolute atomic E-state index is 13.0. The minimum Gasteiger partial charge on any atom is -0.395 e. The maximum Gasteiger partial charge on any atom is 0.328 e. The Bertz CT molecular complexity index is 2750. The standard InChI is InChI=1S/C48H54N12O5/c1-29-22-33(4-7-36(29)31(3)52-45(63)44-55-46(65-56-44)48(27-61)13-14-48)42-37-24-39(53-43(37)51-28-50-42)38-8-5-35(25-49-38)59-20-18-57(19-21-59)26-32-10-15-58(16-11-32)34-6-9-40(30(2)23-34)60-17-12-41(62)54-47(60)64/h4-9,22-25,28,31-32,61H,10-21,26-27H2,1-3H3,(H,52,63)(H,50,51,53)(H,54,62,64)/t31-/m1/s1. The highest BCUT2D eigenvalue weighted by Crippen LogP contribution is 2.46. The third-order valence-corrected chi connectivity index (χ3v) is 13.8. The molecular formula is C48H54N12O5. The maximum atomic E-state index is 13.0. The van der Waals surface area contributed by atoms with Gasteiger partial charge in [0.2, 0.25) is 11.8 Å². The molecule has 4 N–H and O–H groups in total. The van der Waals surface area contributed by atoms with Gasteiger partial charge in [-0.1, -0.05) is 17.3 Å². The predicted octanol–water partition coefficient (Wildman–Crippen LogP) is 5.69. The molecule has 4 amide bonds. The fourth-order valence-corrected chi connectivity index (χ4v) is 9.67. The summed E-state index contributed by atoms with van der Waals surface area (Å²) >= 11 is 0. The van der Waals surface area contributed by atoms with E-state index >= 15 is 0 Å². The van der Waals surface area contributed by atoms with Crippen molar-refractivity contribution in [3.8, 4) is 22.6 Å². The summed E-state index contributed by atoms with van der Waals surface area (Å²) in [5.74, 6) is 0.277. The lowest BCUT2D eigenvalue weighted by Gasteiger charge is -2.40. The zero-order chi connectivity index (χ0) is 44.8. The van der Waals surface area contributed by atoms with Crippen LogP contribution in [-0.2, 0) is 10.2 Å². The van der Waals surface area contributed by atoms with E-state index in [2.05, 4.69) is 86.8 Å². The van der Waals surface area contributed by atoms with Gasteiger partial charge in [-0.25, -0.2) is 14.8 Å². The number of benzene rings is 2. The molecule has 7 heterocycles. The van der Waals surface area contributed by atoms with Crippen molar-refractivity contribution in [2.45, 2.75) is 64.3 Å². The summed E-state index contributed by atoms with van der Waals surface area (Å²) in [5.41, 5.74) is 9.78. The van der Waals surface area contributed by atoms with Crippen LogP contribution >= 0.6 is 0 Å². The fraction of sp³-hybridized carbons (Fsp3) is 0.417. The number of pyridine rings is 1. The number of rotatable bonds is 12. The summed E-state index contributed by atoms with van der Waals surface area (Å²) in [7, 11) is 0. The first kappa shape index (κ1) is 42.2.